The lowest BCUT2D eigenvalue weighted by atomic mass is 10.4. The van der Waals surface area contributed by atoms with Crippen molar-refractivity contribution in [1.82, 2.24) is 25.0 Å². The number of rotatable bonds is 9. The van der Waals surface area contributed by atoms with Crippen LogP contribution in [0.25, 0.3) is 0 Å². The minimum absolute atomic E-state index is 0.146. The van der Waals surface area contributed by atoms with E-state index in [0.717, 1.165) is 0 Å². The van der Waals surface area contributed by atoms with Gasteiger partial charge >= 0.3 is 0 Å². The average Bonchev–Trinajstić information content (AvgIpc) is 2.99. The van der Waals surface area contributed by atoms with Crippen LogP contribution in [0.4, 0.5) is 0 Å². The Hall–Kier alpha value is -0.990. The molecule has 0 unspecified atom stereocenters. The molecule has 1 aliphatic carbocycles. The van der Waals surface area contributed by atoms with Gasteiger partial charge in [-0.1, -0.05) is 5.21 Å². The third-order valence-corrected chi connectivity index (χ3v) is 4.12. The Kier molecular flexibility index (Phi) is 4.67. The summed E-state index contributed by atoms with van der Waals surface area (Å²) in [7, 11) is -3.15. The first-order valence-corrected chi connectivity index (χ1v) is 7.86. The minimum Gasteiger partial charge on any atom is -0.313 e. The van der Waals surface area contributed by atoms with Crippen molar-refractivity contribution < 1.29 is 8.42 Å². The molecule has 0 bridgehead atoms. The SMILES string of the molecule is O=S(=O)(CCNC1CC1)NCCCn1ccnn1. The van der Waals surface area contributed by atoms with Crippen LogP contribution >= 0.6 is 0 Å². The third kappa shape index (κ3) is 5.11. The number of aromatic nitrogens is 3. The Labute approximate surface area is 107 Å². The number of hydrogen-bond acceptors (Lipinski definition) is 5. The number of aryl methyl sites for hydroxylation is 1. The van der Waals surface area contributed by atoms with Gasteiger partial charge in [0.25, 0.3) is 0 Å². The lowest BCUT2D eigenvalue weighted by molar-refractivity contribution is 0.541. The molecule has 2 N–H and O–H groups in total. The summed E-state index contributed by atoms with van der Waals surface area (Å²) in [5.74, 6) is 0.146. The highest BCUT2D eigenvalue weighted by atomic mass is 32.2. The molecule has 0 aromatic carbocycles. The highest BCUT2D eigenvalue weighted by molar-refractivity contribution is 7.89. The molecule has 18 heavy (non-hydrogen) atoms. The molecule has 2 rings (SSSR count). The summed E-state index contributed by atoms with van der Waals surface area (Å²) in [4.78, 5) is 0. The second kappa shape index (κ2) is 6.26. The van der Waals surface area contributed by atoms with Crippen molar-refractivity contribution in [2.75, 3.05) is 18.8 Å². The molecule has 1 aromatic rings. The normalized spacial score (nSPS) is 16.0. The first kappa shape index (κ1) is 13.4. The van der Waals surface area contributed by atoms with Crippen molar-refractivity contribution >= 4 is 10.0 Å². The van der Waals surface area contributed by atoms with Gasteiger partial charge in [-0.15, -0.1) is 5.10 Å². The summed E-state index contributed by atoms with van der Waals surface area (Å²) in [6.45, 7) is 1.64. The van der Waals surface area contributed by atoms with Gasteiger partial charge in [-0.25, -0.2) is 13.1 Å². The Bertz CT molecular complexity index is 441. The van der Waals surface area contributed by atoms with Crippen LogP contribution in [-0.2, 0) is 16.6 Å². The molecule has 0 saturated heterocycles. The molecule has 8 heteroatoms. The summed E-state index contributed by atoms with van der Waals surface area (Å²) in [5, 5.41) is 10.7. The smallest absolute Gasteiger partial charge is 0.212 e. The highest BCUT2D eigenvalue weighted by Gasteiger charge is 2.20. The summed E-state index contributed by atoms with van der Waals surface area (Å²) in [6.07, 6.45) is 6.41. The van der Waals surface area contributed by atoms with E-state index in [2.05, 4.69) is 20.4 Å². The first-order valence-electron chi connectivity index (χ1n) is 6.20. The predicted molar refractivity (Wildman–Crippen MR) is 67.5 cm³/mol. The van der Waals surface area contributed by atoms with Crippen LogP contribution in [0.2, 0.25) is 0 Å². The second-order valence-electron chi connectivity index (χ2n) is 4.46. The fourth-order valence-corrected chi connectivity index (χ4v) is 2.56. The van der Waals surface area contributed by atoms with E-state index >= 15 is 0 Å². The quantitative estimate of drug-likeness (QED) is 0.583. The molecule has 0 aliphatic heterocycles. The topological polar surface area (TPSA) is 88.9 Å². The maximum Gasteiger partial charge on any atom is 0.212 e. The van der Waals surface area contributed by atoms with Gasteiger partial charge in [-0.05, 0) is 19.3 Å². The van der Waals surface area contributed by atoms with Crippen LogP contribution in [0.5, 0.6) is 0 Å². The van der Waals surface area contributed by atoms with Crippen molar-refractivity contribution in [3.8, 4) is 0 Å². The van der Waals surface area contributed by atoms with Gasteiger partial charge in [0.05, 0.1) is 11.9 Å². The minimum atomic E-state index is -3.15. The monoisotopic (exact) mass is 273 g/mol. The third-order valence-electron chi connectivity index (χ3n) is 2.74. The van der Waals surface area contributed by atoms with Crippen molar-refractivity contribution in [3.63, 3.8) is 0 Å². The molecule has 1 saturated carbocycles. The fraction of sp³-hybridized carbons (Fsp3) is 0.800. The van der Waals surface area contributed by atoms with E-state index in [1.807, 2.05) is 0 Å². The molecular weight excluding hydrogens is 254 g/mol. The van der Waals surface area contributed by atoms with E-state index in [0.29, 0.717) is 32.1 Å². The molecule has 1 aliphatic rings. The zero-order valence-electron chi connectivity index (χ0n) is 10.2. The Morgan fingerprint density at radius 2 is 2.17 bits per heavy atom. The number of sulfonamides is 1. The Morgan fingerprint density at radius 3 is 2.83 bits per heavy atom. The Morgan fingerprint density at radius 1 is 1.33 bits per heavy atom. The van der Waals surface area contributed by atoms with E-state index in [-0.39, 0.29) is 5.75 Å². The van der Waals surface area contributed by atoms with Crippen LogP contribution in [0.3, 0.4) is 0 Å². The first-order chi connectivity index (χ1) is 8.66. The van der Waals surface area contributed by atoms with Crippen LogP contribution in [0.15, 0.2) is 12.4 Å². The van der Waals surface area contributed by atoms with Crippen molar-refractivity contribution in [3.05, 3.63) is 12.4 Å². The van der Waals surface area contributed by atoms with Gasteiger partial charge < -0.3 is 5.32 Å². The van der Waals surface area contributed by atoms with Gasteiger partial charge in [0.2, 0.25) is 10.0 Å². The lowest BCUT2D eigenvalue weighted by Gasteiger charge is -2.07. The van der Waals surface area contributed by atoms with Gasteiger partial charge in [0.15, 0.2) is 0 Å². The molecular formula is C10H19N5O2S. The largest absolute Gasteiger partial charge is 0.313 e. The molecule has 0 radical (unpaired) electrons. The summed E-state index contributed by atoms with van der Waals surface area (Å²) < 4.78 is 27.5. The molecule has 0 amide bonds. The van der Waals surface area contributed by atoms with Crippen LogP contribution < -0.4 is 10.0 Å². The standard InChI is InChI=1S/C10H19N5O2S/c16-18(17,9-6-11-10-2-3-10)13-4-1-7-15-8-5-12-14-15/h5,8,10-11,13H,1-4,6-7,9H2. The maximum atomic E-state index is 11.6. The maximum absolute atomic E-state index is 11.6. The van der Waals surface area contributed by atoms with E-state index < -0.39 is 10.0 Å². The van der Waals surface area contributed by atoms with Crippen LogP contribution in [0.1, 0.15) is 19.3 Å². The highest BCUT2D eigenvalue weighted by Crippen LogP contribution is 2.17. The van der Waals surface area contributed by atoms with Crippen LogP contribution in [-0.4, -0.2) is 48.3 Å². The molecule has 102 valence electrons. The summed E-state index contributed by atoms with van der Waals surface area (Å²) in [5.41, 5.74) is 0. The number of hydrogen-bond donors (Lipinski definition) is 2. The molecule has 7 nitrogen and oxygen atoms in total. The van der Waals surface area contributed by atoms with Crippen molar-refractivity contribution in [1.29, 1.82) is 0 Å². The molecule has 1 heterocycles. The number of nitrogens with zero attached hydrogens (tertiary/aromatic N) is 3. The van der Waals surface area contributed by atoms with Gasteiger partial charge in [-0.2, -0.15) is 0 Å². The van der Waals surface area contributed by atoms with E-state index in [9.17, 15) is 8.42 Å². The fourth-order valence-electron chi connectivity index (χ4n) is 1.58. The number of nitrogens with one attached hydrogen (secondary N) is 2. The molecule has 0 spiro atoms. The van der Waals surface area contributed by atoms with E-state index in [1.54, 1.807) is 17.1 Å². The van der Waals surface area contributed by atoms with E-state index in [1.165, 1.54) is 12.8 Å². The Balaban J connectivity index is 1.56. The molecule has 0 atom stereocenters. The van der Waals surface area contributed by atoms with Crippen LogP contribution in [0, 0.1) is 0 Å². The van der Waals surface area contributed by atoms with E-state index in [4.69, 9.17) is 0 Å². The van der Waals surface area contributed by atoms with Gasteiger partial charge in [0.1, 0.15) is 0 Å². The van der Waals surface area contributed by atoms with Gasteiger partial charge in [-0.3, -0.25) is 4.68 Å². The summed E-state index contributed by atoms with van der Waals surface area (Å²) >= 11 is 0. The second-order valence-corrected chi connectivity index (χ2v) is 6.39. The summed E-state index contributed by atoms with van der Waals surface area (Å²) in [6, 6.07) is 0.549. The zero-order chi connectivity index (χ0) is 12.8. The van der Waals surface area contributed by atoms with Crippen molar-refractivity contribution in [2.45, 2.75) is 31.8 Å². The van der Waals surface area contributed by atoms with Crippen molar-refractivity contribution in [2.24, 2.45) is 0 Å². The predicted octanol–water partition coefficient (Wildman–Crippen LogP) is -0.660. The van der Waals surface area contributed by atoms with Gasteiger partial charge in [0, 0.05) is 31.9 Å². The average molecular weight is 273 g/mol. The molecule has 1 fully saturated rings. The zero-order valence-corrected chi connectivity index (χ0v) is 11.1. The molecule has 1 aromatic heterocycles. The lowest BCUT2D eigenvalue weighted by Crippen LogP contribution is -2.33.